The summed E-state index contributed by atoms with van der Waals surface area (Å²) in [6.45, 7) is 2.02. The van der Waals surface area contributed by atoms with Crippen molar-refractivity contribution in [3.63, 3.8) is 0 Å². The van der Waals surface area contributed by atoms with Gasteiger partial charge in [0.2, 0.25) is 0 Å². The van der Waals surface area contributed by atoms with E-state index in [1.54, 1.807) is 19.1 Å². The summed E-state index contributed by atoms with van der Waals surface area (Å²) in [5.41, 5.74) is 1.85. The molecule has 1 aromatic heterocycles. The smallest absolute Gasteiger partial charge is 0.335 e. The van der Waals surface area contributed by atoms with Crippen LogP contribution in [0.3, 0.4) is 0 Å². The number of carboxylic acid groups (broad SMARTS) is 1. The first-order valence-corrected chi connectivity index (χ1v) is 5.95. The van der Waals surface area contributed by atoms with Crippen LogP contribution in [0.2, 0.25) is 0 Å². The molecule has 0 spiro atoms. The van der Waals surface area contributed by atoms with Crippen molar-refractivity contribution in [1.82, 2.24) is 15.3 Å². The van der Waals surface area contributed by atoms with Gasteiger partial charge < -0.3 is 10.4 Å². The Hall–Kier alpha value is -2.76. The number of hydrogen-bond acceptors (Lipinski definition) is 4. The van der Waals surface area contributed by atoms with Crippen molar-refractivity contribution in [1.29, 1.82) is 0 Å². The van der Waals surface area contributed by atoms with Crippen molar-refractivity contribution in [3.8, 4) is 0 Å². The van der Waals surface area contributed by atoms with Gasteiger partial charge >= 0.3 is 5.97 Å². The third-order valence-electron chi connectivity index (χ3n) is 2.64. The summed E-state index contributed by atoms with van der Waals surface area (Å²) in [6, 6.07) is 6.40. The van der Waals surface area contributed by atoms with Gasteiger partial charge in [-0.05, 0) is 24.6 Å². The zero-order valence-electron chi connectivity index (χ0n) is 10.8. The number of carbonyl (C=O) groups excluding carboxylic acids is 1. The molecular formula is C14H13N3O3. The highest BCUT2D eigenvalue weighted by Crippen LogP contribution is 2.05. The lowest BCUT2D eigenvalue weighted by Crippen LogP contribution is -2.24. The number of nitrogens with zero attached hydrogens (tertiary/aromatic N) is 2. The maximum absolute atomic E-state index is 11.8. The van der Waals surface area contributed by atoms with E-state index in [0.717, 1.165) is 5.69 Å². The van der Waals surface area contributed by atoms with Crippen LogP contribution in [0.4, 0.5) is 0 Å². The van der Waals surface area contributed by atoms with Gasteiger partial charge in [-0.15, -0.1) is 0 Å². The Morgan fingerprint density at radius 3 is 2.70 bits per heavy atom. The number of benzene rings is 1. The number of carboxylic acids is 1. The van der Waals surface area contributed by atoms with Crippen LogP contribution in [0.1, 0.15) is 32.1 Å². The van der Waals surface area contributed by atoms with Gasteiger partial charge in [0.05, 0.1) is 17.5 Å². The average molecular weight is 271 g/mol. The zero-order valence-corrected chi connectivity index (χ0v) is 10.8. The van der Waals surface area contributed by atoms with Crippen LogP contribution in [0.25, 0.3) is 0 Å². The number of carbonyl (C=O) groups is 2. The molecule has 2 rings (SSSR count). The van der Waals surface area contributed by atoms with E-state index in [1.165, 1.54) is 24.5 Å². The summed E-state index contributed by atoms with van der Waals surface area (Å²) in [5, 5.41) is 11.6. The fourth-order valence-electron chi connectivity index (χ4n) is 1.60. The molecule has 1 amide bonds. The number of hydrogen-bond donors (Lipinski definition) is 2. The van der Waals surface area contributed by atoms with Crippen LogP contribution in [-0.2, 0) is 6.54 Å². The van der Waals surface area contributed by atoms with E-state index < -0.39 is 5.97 Å². The lowest BCUT2D eigenvalue weighted by Gasteiger charge is -2.05. The van der Waals surface area contributed by atoms with Crippen LogP contribution < -0.4 is 5.32 Å². The Labute approximate surface area is 115 Å². The fourth-order valence-corrected chi connectivity index (χ4v) is 1.60. The third kappa shape index (κ3) is 3.38. The molecule has 0 aliphatic heterocycles. The lowest BCUT2D eigenvalue weighted by atomic mass is 10.1. The van der Waals surface area contributed by atoms with E-state index in [2.05, 4.69) is 15.3 Å². The standard InChI is InChI=1S/C14H13N3O3/c1-9-6-16-12(8-15-9)13(18)17-7-10-3-2-4-11(5-10)14(19)20/h2-6,8H,7H2,1H3,(H,17,18)(H,19,20). The zero-order chi connectivity index (χ0) is 14.5. The molecule has 1 aromatic carbocycles. The van der Waals surface area contributed by atoms with Crippen LogP contribution in [-0.4, -0.2) is 27.0 Å². The van der Waals surface area contributed by atoms with Crippen molar-refractivity contribution >= 4 is 11.9 Å². The van der Waals surface area contributed by atoms with E-state index in [1.807, 2.05) is 0 Å². The van der Waals surface area contributed by atoms with Gasteiger partial charge in [0.1, 0.15) is 5.69 Å². The first-order chi connectivity index (χ1) is 9.56. The first-order valence-electron chi connectivity index (χ1n) is 5.95. The van der Waals surface area contributed by atoms with Gasteiger partial charge in [0, 0.05) is 12.7 Å². The highest BCUT2D eigenvalue weighted by atomic mass is 16.4. The van der Waals surface area contributed by atoms with Crippen LogP contribution in [0.5, 0.6) is 0 Å². The molecule has 0 aliphatic rings. The molecule has 1 heterocycles. The predicted molar refractivity (Wildman–Crippen MR) is 71.3 cm³/mol. The molecule has 0 aliphatic carbocycles. The minimum atomic E-state index is -0.998. The minimum Gasteiger partial charge on any atom is -0.478 e. The Morgan fingerprint density at radius 2 is 2.05 bits per heavy atom. The van der Waals surface area contributed by atoms with Gasteiger partial charge in [0.25, 0.3) is 5.91 Å². The Balaban J connectivity index is 2.01. The third-order valence-corrected chi connectivity index (χ3v) is 2.64. The molecular weight excluding hydrogens is 258 g/mol. The SMILES string of the molecule is Cc1cnc(C(=O)NCc2cccc(C(=O)O)c2)cn1. The summed E-state index contributed by atoms with van der Waals surface area (Å²) < 4.78 is 0. The van der Waals surface area contributed by atoms with E-state index >= 15 is 0 Å². The number of aromatic nitrogens is 2. The monoisotopic (exact) mass is 271 g/mol. The summed E-state index contributed by atoms with van der Waals surface area (Å²) >= 11 is 0. The molecule has 0 radical (unpaired) electrons. The predicted octanol–water partition coefficient (Wildman–Crippen LogP) is 1.41. The molecule has 20 heavy (non-hydrogen) atoms. The Kier molecular flexibility index (Phi) is 4.05. The molecule has 0 unspecified atom stereocenters. The molecule has 6 nitrogen and oxygen atoms in total. The molecule has 0 fully saturated rings. The van der Waals surface area contributed by atoms with Crippen molar-refractivity contribution < 1.29 is 14.7 Å². The fraction of sp³-hybridized carbons (Fsp3) is 0.143. The van der Waals surface area contributed by atoms with E-state index in [0.29, 0.717) is 5.56 Å². The molecule has 102 valence electrons. The highest BCUT2D eigenvalue weighted by molar-refractivity contribution is 5.92. The summed E-state index contributed by atoms with van der Waals surface area (Å²) in [5.74, 6) is -1.35. The van der Waals surface area contributed by atoms with Crippen molar-refractivity contribution in [2.24, 2.45) is 0 Å². The van der Waals surface area contributed by atoms with Crippen LogP contribution in [0, 0.1) is 6.92 Å². The van der Waals surface area contributed by atoms with Gasteiger partial charge in [0.15, 0.2) is 0 Å². The van der Waals surface area contributed by atoms with Gasteiger partial charge in [-0.2, -0.15) is 0 Å². The first kappa shape index (κ1) is 13.7. The number of rotatable bonds is 4. The minimum absolute atomic E-state index is 0.187. The van der Waals surface area contributed by atoms with Crippen molar-refractivity contribution in [3.05, 3.63) is 59.2 Å². The summed E-state index contributed by atoms with van der Waals surface area (Å²) in [6.07, 6.45) is 2.91. The van der Waals surface area contributed by atoms with Gasteiger partial charge in [-0.3, -0.25) is 9.78 Å². The molecule has 0 bridgehead atoms. The second kappa shape index (κ2) is 5.92. The molecule has 0 atom stereocenters. The maximum atomic E-state index is 11.8. The second-order valence-corrected chi connectivity index (χ2v) is 4.23. The second-order valence-electron chi connectivity index (χ2n) is 4.23. The number of amides is 1. The highest BCUT2D eigenvalue weighted by Gasteiger charge is 2.08. The van der Waals surface area contributed by atoms with E-state index in [9.17, 15) is 9.59 Å². The molecule has 0 saturated heterocycles. The number of aryl methyl sites for hydroxylation is 1. The van der Waals surface area contributed by atoms with E-state index in [-0.39, 0.29) is 23.7 Å². The van der Waals surface area contributed by atoms with Crippen LogP contribution >= 0.6 is 0 Å². The Morgan fingerprint density at radius 1 is 1.25 bits per heavy atom. The molecule has 2 aromatic rings. The summed E-state index contributed by atoms with van der Waals surface area (Å²) in [7, 11) is 0. The largest absolute Gasteiger partial charge is 0.478 e. The molecule has 2 N–H and O–H groups in total. The topological polar surface area (TPSA) is 92.2 Å². The number of nitrogens with one attached hydrogen (secondary N) is 1. The Bertz CT molecular complexity index is 638. The van der Waals surface area contributed by atoms with Gasteiger partial charge in [-0.25, -0.2) is 9.78 Å². The van der Waals surface area contributed by atoms with Crippen molar-refractivity contribution in [2.45, 2.75) is 13.5 Å². The van der Waals surface area contributed by atoms with Crippen LogP contribution in [0.15, 0.2) is 36.7 Å². The van der Waals surface area contributed by atoms with Crippen molar-refractivity contribution in [2.75, 3.05) is 0 Å². The van der Waals surface area contributed by atoms with E-state index in [4.69, 9.17) is 5.11 Å². The molecule has 6 heteroatoms. The lowest BCUT2D eigenvalue weighted by molar-refractivity contribution is 0.0696. The molecule has 0 saturated carbocycles. The number of aromatic carboxylic acids is 1. The summed E-state index contributed by atoms with van der Waals surface area (Å²) in [4.78, 5) is 30.6. The average Bonchev–Trinajstić information content (AvgIpc) is 2.46. The normalized spacial score (nSPS) is 10.1. The quantitative estimate of drug-likeness (QED) is 0.877. The van der Waals surface area contributed by atoms with Gasteiger partial charge in [-0.1, -0.05) is 12.1 Å². The maximum Gasteiger partial charge on any atom is 0.335 e.